The molecular weight excluding hydrogens is 855 g/mol. The Morgan fingerprint density at radius 1 is 0.348 bits per heavy atom. The lowest BCUT2D eigenvalue weighted by Gasteiger charge is -2.36. The van der Waals surface area contributed by atoms with Crippen molar-refractivity contribution in [2.45, 2.75) is 12.3 Å². The first kappa shape index (κ1) is 40.7. The molecule has 2 aromatic heterocycles. The fraction of sp³-hybridized carbons (Fsp3) is 0.0317. The van der Waals surface area contributed by atoms with Crippen molar-refractivity contribution in [2.75, 3.05) is 0 Å². The van der Waals surface area contributed by atoms with Gasteiger partial charge in [-0.05, 0) is 80.4 Å². The van der Waals surface area contributed by atoms with E-state index in [1.807, 2.05) is 0 Å². The number of aliphatic imine (C=N–C) groups is 1. The normalized spacial score (nSPS) is 15.1. The summed E-state index contributed by atoms with van der Waals surface area (Å²) in [4.78, 5) is 5.59. The zero-order valence-electron chi connectivity index (χ0n) is 37.8. The maximum Gasteiger partial charge on any atom is 0.179 e. The van der Waals surface area contributed by atoms with E-state index in [0.29, 0.717) is 0 Å². The molecule has 0 spiro atoms. The predicted octanol–water partition coefficient (Wildman–Crippen LogP) is 11.6. The van der Waals surface area contributed by atoms with Gasteiger partial charge in [0.05, 0.1) is 22.1 Å². The molecule has 0 aliphatic carbocycles. The average molecular weight is 902 g/mol. The third-order valence-electron chi connectivity index (χ3n) is 14.1. The fourth-order valence-electron chi connectivity index (χ4n) is 11.1. The van der Waals surface area contributed by atoms with Gasteiger partial charge >= 0.3 is 0 Å². The number of amidine groups is 1. The number of fused-ring (bicyclic) bond motifs is 6. The Morgan fingerprint density at radius 3 is 1.36 bits per heavy atom. The molecule has 0 saturated carbocycles. The molecule has 12 aromatic rings. The fourth-order valence-corrected chi connectivity index (χ4v) is 15.9. The molecule has 5 nitrogen and oxygen atoms in total. The van der Waals surface area contributed by atoms with Crippen LogP contribution in [0.5, 0.6) is 0 Å². The van der Waals surface area contributed by atoms with Crippen molar-refractivity contribution in [3.8, 4) is 11.4 Å². The Morgan fingerprint density at radius 2 is 0.812 bits per heavy atom. The summed E-state index contributed by atoms with van der Waals surface area (Å²) >= 11 is 0. The summed E-state index contributed by atoms with van der Waals surface area (Å²) in [6.45, 7) is 0. The summed E-state index contributed by atoms with van der Waals surface area (Å²) in [6.07, 6.45) is -0.600. The highest BCUT2D eigenvalue weighted by molar-refractivity contribution is 7.19. The van der Waals surface area contributed by atoms with Crippen molar-refractivity contribution in [3.05, 3.63) is 278 Å². The summed E-state index contributed by atoms with van der Waals surface area (Å²) in [7, 11) is -3.06. The first-order chi connectivity index (χ1) is 34.2. The Balaban J connectivity index is 1.15. The van der Waals surface area contributed by atoms with E-state index in [1.54, 1.807) is 0 Å². The van der Waals surface area contributed by atoms with Crippen LogP contribution in [0, 0.1) is 0 Å². The van der Waals surface area contributed by atoms with Crippen LogP contribution in [0.25, 0.3) is 55.0 Å². The van der Waals surface area contributed by atoms with E-state index in [0.717, 1.165) is 44.9 Å². The molecule has 0 saturated heterocycles. The van der Waals surface area contributed by atoms with Crippen LogP contribution in [-0.2, 0) is 0 Å². The Hall–Kier alpha value is -8.55. The topological polar surface area (TPSA) is 46.3 Å². The highest BCUT2D eigenvalue weighted by atomic mass is 28.3. The van der Waals surface area contributed by atoms with Gasteiger partial charge in [0, 0.05) is 38.5 Å². The number of rotatable bonds is 9. The van der Waals surface area contributed by atoms with Gasteiger partial charge < -0.3 is 14.5 Å². The van der Waals surface area contributed by atoms with Crippen molar-refractivity contribution < 1.29 is 0 Å². The molecule has 2 atom stereocenters. The van der Waals surface area contributed by atoms with Crippen LogP contribution in [-0.4, -0.2) is 23.0 Å². The lowest BCUT2D eigenvalue weighted by molar-refractivity contribution is 0.409. The van der Waals surface area contributed by atoms with Crippen molar-refractivity contribution >= 4 is 78.3 Å². The summed E-state index contributed by atoms with van der Waals surface area (Å²) < 4.78 is 4.94. The standard InChI is InChI=1S/C63H47N5Si/c1-7-23-44(24-8-1)61-64-62(45-25-9-2-10-26-45)66-63(65-61)46-39-48(41-52(40-46)69(49-29-13-4-14-30-49,50-31-15-5-16-32-50)51-33-17-6-18-34-51)68-58-38-22-20-36-54(58)56-42-55-53-35-19-21-37-57(53)67(59(55)43-60(56)68)47-27-11-3-12-28-47/h1-43,61,63,65H,(H,64,66). The molecule has 2 unspecified atom stereocenters. The maximum atomic E-state index is 5.59. The van der Waals surface area contributed by atoms with E-state index in [1.165, 1.54) is 53.3 Å². The van der Waals surface area contributed by atoms with Crippen LogP contribution in [0.4, 0.5) is 0 Å². The minimum absolute atomic E-state index is 0.197. The van der Waals surface area contributed by atoms with E-state index < -0.39 is 14.2 Å². The van der Waals surface area contributed by atoms with Crippen molar-refractivity contribution in [3.63, 3.8) is 0 Å². The molecule has 6 heteroatoms. The van der Waals surface area contributed by atoms with Crippen LogP contribution in [0.1, 0.15) is 29.0 Å². The predicted molar refractivity (Wildman–Crippen MR) is 290 cm³/mol. The molecule has 13 rings (SSSR count). The number of nitrogens with one attached hydrogen (secondary N) is 2. The van der Waals surface area contributed by atoms with Crippen LogP contribution >= 0.6 is 0 Å². The SMILES string of the molecule is c1ccc(C2=NC(c3cc(-n4c5ccccc5c5cc6c7ccccc7n(-c7ccccc7)c6cc54)cc([Si](c4ccccc4)(c4ccccc4)c4ccccc4)c3)NC(c3ccccc3)N2)cc1. The molecular formula is C63H47N5Si. The first-order valence-corrected chi connectivity index (χ1v) is 25.8. The van der Waals surface area contributed by atoms with Gasteiger partial charge in [-0.1, -0.05) is 212 Å². The van der Waals surface area contributed by atoms with Crippen molar-refractivity contribution in [2.24, 2.45) is 4.99 Å². The van der Waals surface area contributed by atoms with Gasteiger partial charge in [-0.2, -0.15) is 0 Å². The molecule has 0 amide bonds. The number of aromatic nitrogens is 2. The molecule has 10 aromatic carbocycles. The van der Waals surface area contributed by atoms with E-state index in [4.69, 9.17) is 4.99 Å². The summed E-state index contributed by atoms with van der Waals surface area (Å²) in [5, 5.41) is 17.9. The molecule has 1 aliphatic rings. The second-order valence-corrected chi connectivity index (χ2v) is 21.8. The number of hydrogen-bond acceptors (Lipinski definition) is 3. The lowest BCUT2D eigenvalue weighted by Crippen LogP contribution is -2.74. The van der Waals surface area contributed by atoms with E-state index >= 15 is 0 Å². The third-order valence-corrected chi connectivity index (χ3v) is 18.8. The highest BCUT2D eigenvalue weighted by Gasteiger charge is 2.42. The minimum atomic E-state index is -3.06. The van der Waals surface area contributed by atoms with Gasteiger partial charge in [0.2, 0.25) is 0 Å². The zero-order valence-corrected chi connectivity index (χ0v) is 38.8. The number of nitrogens with zero attached hydrogens (tertiary/aromatic N) is 3. The molecule has 1 aliphatic heterocycles. The largest absolute Gasteiger partial charge is 0.350 e. The summed E-state index contributed by atoms with van der Waals surface area (Å²) in [5.41, 5.74) is 10.1. The lowest BCUT2D eigenvalue weighted by atomic mass is 10.1. The molecule has 2 N–H and O–H groups in total. The highest BCUT2D eigenvalue weighted by Crippen LogP contribution is 2.40. The van der Waals surface area contributed by atoms with Gasteiger partial charge in [-0.15, -0.1) is 0 Å². The van der Waals surface area contributed by atoms with E-state index in [-0.39, 0.29) is 6.17 Å². The van der Waals surface area contributed by atoms with Crippen molar-refractivity contribution in [1.82, 2.24) is 19.8 Å². The van der Waals surface area contributed by atoms with Crippen LogP contribution in [0.15, 0.2) is 266 Å². The third kappa shape index (κ3) is 6.83. The smallest absolute Gasteiger partial charge is 0.179 e. The second kappa shape index (κ2) is 17.0. The number of benzene rings is 10. The molecule has 3 heterocycles. The van der Waals surface area contributed by atoms with Crippen LogP contribution in [0.3, 0.4) is 0 Å². The van der Waals surface area contributed by atoms with Gasteiger partial charge in [0.15, 0.2) is 8.07 Å². The molecule has 0 bridgehead atoms. The van der Waals surface area contributed by atoms with Gasteiger partial charge in [0.25, 0.3) is 0 Å². The Kier molecular flexibility index (Phi) is 10.00. The van der Waals surface area contributed by atoms with Gasteiger partial charge in [-0.3, -0.25) is 5.32 Å². The molecule has 69 heavy (non-hydrogen) atoms. The van der Waals surface area contributed by atoms with Crippen LogP contribution < -0.4 is 31.4 Å². The number of para-hydroxylation sites is 3. The maximum absolute atomic E-state index is 5.59. The van der Waals surface area contributed by atoms with Gasteiger partial charge in [-0.25, -0.2) is 4.99 Å². The van der Waals surface area contributed by atoms with Crippen LogP contribution in [0.2, 0.25) is 0 Å². The summed E-state index contributed by atoms with van der Waals surface area (Å²) in [6, 6.07) is 95.6. The summed E-state index contributed by atoms with van der Waals surface area (Å²) in [5.74, 6) is 0.853. The van der Waals surface area contributed by atoms with Crippen molar-refractivity contribution in [1.29, 1.82) is 0 Å². The number of hydrogen-bond donors (Lipinski definition) is 2. The monoisotopic (exact) mass is 901 g/mol. The zero-order chi connectivity index (χ0) is 45.7. The Bertz CT molecular complexity index is 3740. The quantitative estimate of drug-likeness (QED) is 0.112. The van der Waals surface area contributed by atoms with Gasteiger partial charge in [0.1, 0.15) is 18.2 Å². The minimum Gasteiger partial charge on any atom is -0.350 e. The Labute approximate surface area is 402 Å². The molecule has 328 valence electrons. The second-order valence-electron chi connectivity index (χ2n) is 18.0. The molecule has 0 fully saturated rings. The van der Waals surface area contributed by atoms with E-state index in [9.17, 15) is 0 Å². The first-order valence-electron chi connectivity index (χ1n) is 23.8. The van der Waals surface area contributed by atoms with E-state index in [2.05, 4.69) is 281 Å². The molecule has 0 radical (unpaired) electrons. The average Bonchev–Trinajstić information content (AvgIpc) is 3.94.